The highest BCUT2D eigenvalue weighted by Gasteiger charge is 2.39. The minimum absolute atomic E-state index is 0.0753. The fourth-order valence-corrected chi connectivity index (χ4v) is 3.36. The van der Waals surface area contributed by atoms with Crippen molar-refractivity contribution in [1.29, 1.82) is 0 Å². The number of carbonyl (C=O) groups excluding carboxylic acids is 1. The smallest absolute Gasteiger partial charge is 0.256 e. The Morgan fingerprint density at radius 1 is 1.07 bits per heavy atom. The molecule has 0 saturated carbocycles. The van der Waals surface area contributed by atoms with Crippen LogP contribution in [0, 0.1) is 0 Å². The molecule has 1 amide bonds. The molecule has 1 aliphatic heterocycles. The van der Waals surface area contributed by atoms with E-state index in [9.17, 15) is 4.79 Å². The number of methoxy groups -OCH3 is 1. The molecular weight excluding hydrogens is 340 g/mol. The molecule has 5 nitrogen and oxygen atoms in total. The summed E-state index contributed by atoms with van der Waals surface area (Å²) in [5.74, 6) is -0.0753. The van der Waals surface area contributed by atoms with Gasteiger partial charge in [-0.3, -0.25) is 4.79 Å². The largest absolute Gasteiger partial charge is 0.376 e. The lowest BCUT2D eigenvalue weighted by molar-refractivity contribution is -0.140. The van der Waals surface area contributed by atoms with Crippen molar-refractivity contribution in [3.8, 4) is 0 Å². The van der Waals surface area contributed by atoms with Crippen LogP contribution < -0.4 is 10.6 Å². The van der Waals surface area contributed by atoms with Crippen LogP contribution in [-0.4, -0.2) is 38.3 Å². The SMILES string of the molecule is COC1(C(=O)Nc2cccc(COCCc3ccccc3)c2)CCNCC1. The maximum Gasteiger partial charge on any atom is 0.256 e. The zero-order valence-electron chi connectivity index (χ0n) is 15.9. The summed E-state index contributed by atoms with van der Waals surface area (Å²) in [6, 6.07) is 18.1. The predicted octanol–water partition coefficient (Wildman–Crippen LogP) is 3.15. The van der Waals surface area contributed by atoms with Crippen LogP contribution in [0.4, 0.5) is 5.69 Å². The van der Waals surface area contributed by atoms with E-state index in [-0.39, 0.29) is 5.91 Å². The van der Waals surface area contributed by atoms with Crippen molar-refractivity contribution < 1.29 is 14.3 Å². The quantitative estimate of drug-likeness (QED) is 0.703. The molecule has 2 aromatic rings. The molecule has 1 heterocycles. The second-order valence-electron chi connectivity index (χ2n) is 6.89. The van der Waals surface area contributed by atoms with Crippen molar-refractivity contribution in [3.05, 3.63) is 65.7 Å². The normalized spacial score (nSPS) is 16.0. The Morgan fingerprint density at radius 3 is 2.56 bits per heavy atom. The number of hydrogen-bond donors (Lipinski definition) is 2. The van der Waals surface area contributed by atoms with E-state index in [4.69, 9.17) is 9.47 Å². The summed E-state index contributed by atoms with van der Waals surface area (Å²) in [5, 5.41) is 6.28. The summed E-state index contributed by atoms with van der Waals surface area (Å²) in [6.45, 7) is 2.77. The average Bonchev–Trinajstić information content (AvgIpc) is 2.73. The van der Waals surface area contributed by atoms with E-state index in [0.717, 1.165) is 30.8 Å². The van der Waals surface area contributed by atoms with Crippen LogP contribution >= 0.6 is 0 Å². The molecule has 3 rings (SSSR count). The molecule has 0 aromatic heterocycles. The minimum atomic E-state index is -0.743. The Kier molecular flexibility index (Phi) is 6.98. The number of piperidine rings is 1. The summed E-state index contributed by atoms with van der Waals surface area (Å²) >= 11 is 0. The lowest BCUT2D eigenvalue weighted by Crippen LogP contribution is -2.51. The molecule has 0 atom stereocenters. The maximum absolute atomic E-state index is 12.8. The van der Waals surface area contributed by atoms with Gasteiger partial charge in [-0.05, 0) is 55.6 Å². The van der Waals surface area contributed by atoms with Crippen LogP contribution in [0.5, 0.6) is 0 Å². The first-order valence-electron chi connectivity index (χ1n) is 9.50. The Balaban J connectivity index is 1.51. The molecule has 0 bridgehead atoms. The van der Waals surface area contributed by atoms with E-state index in [1.807, 2.05) is 42.5 Å². The molecule has 0 unspecified atom stereocenters. The van der Waals surface area contributed by atoms with E-state index < -0.39 is 5.60 Å². The highest BCUT2D eigenvalue weighted by atomic mass is 16.5. The Hall–Kier alpha value is -2.21. The van der Waals surface area contributed by atoms with Crippen LogP contribution in [0.2, 0.25) is 0 Å². The van der Waals surface area contributed by atoms with Crippen LogP contribution in [0.3, 0.4) is 0 Å². The van der Waals surface area contributed by atoms with Gasteiger partial charge in [-0.2, -0.15) is 0 Å². The number of nitrogens with one attached hydrogen (secondary N) is 2. The molecule has 1 saturated heterocycles. The predicted molar refractivity (Wildman–Crippen MR) is 107 cm³/mol. The van der Waals surface area contributed by atoms with Gasteiger partial charge in [0.2, 0.25) is 0 Å². The Morgan fingerprint density at radius 2 is 1.81 bits per heavy atom. The van der Waals surface area contributed by atoms with Crippen molar-refractivity contribution in [2.75, 3.05) is 32.1 Å². The second-order valence-corrected chi connectivity index (χ2v) is 6.89. The lowest BCUT2D eigenvalue weighted by atomic mass is 9.91. The molecule has 144 valence electrons. The van der Waals surface area contributed by atoms with E-state index in [1.54, 1.807) is 7.11 Å². The van der Waals surface area contributed by atoms with Crippen LogP contribution in [0.15, 0.2) is 54.6 Å². The second kappa shape index (κ2) is 9.65. The maximum atomic E-state index is 12.8. The number of anilines is 1. The van der Waals surface area contributed by atoms with Crippen molar-refractivity contribution in [3.63, 3.8) is 0 Å². The zero-order valence-corrected chi connectivity index (χ0v) is 15.9. The van der Waals surface area contributed by atoms with Crippen LogP contribution in [-0.2, 0) is 27.3 Å². The molecule has 0 radical (unpaired) electrons. The topological polar surface area (TPSA) is 59.6 Å². The molecule has 0 spiro atoms. The highest BCUT2D eigenvalue weighted by Crippen LogP contribution is 2.25. The number of amides is 1. The standard InChI is InChI=1S/C22H28N2O3/c1-26-22(11-13-23-14-12-22)21(25)24-20-9-5-8-19(16-20)17-27-15-10-18-6-3-2-4-7-18/h2-9,16,23H,10-15,17H2,1H3,(H,24,25). The summed E-state index contributed by atoms with van der Waals surface area (Å²) in [5.41, 5.74) is 2.34. The van der Waals surface area contributed by atoms with Gasteiger partial charge < -0.3 is 20.1 Å². The Bertz CT molecular complexity index is 727. The molecule has 2 aromatic carbocycles. The summed E-state index contributed by atoms with van der Waals surface area (Å²) in [4.78, 5) is 12.8. The van der Waals surface area contributed by atoms with Gasteiger partial charge >= 0.3 is 0 Å². The number of carbonyl (C=O) groups is 1. The van der Waals surface area contributed by atoms with Gasteiger partial charge in [0.05, 0.1) is 13.2 Å². The third-order valence-corrected chi connectivity index (χ3v) is 5.05. The average molecular weight is 368 g/mol. The van der Waals surface area contributed by atoms with E-state index in [1.165, 1.54) is 5.56 Å². The minimum Gasteiger partial charge on any atom is -0.376 e. The number of rotatable bonds is 8. The fourth-order valence-electron chi connectivity index (χ4n) is 3.36. The third-order valence-electron chi connectivity index (χ3n) is 5.05. The van der Waals surface area contributed by atoms with Crippen molar-refractivity contribution >= 4 is 11.6 Å². The zero-order chi connectivity index (χ0) is 19.0. The van der Waals surface area contributed by atoms with E-state index >= 15 is 0 Å². The highest BCUT2D eigenvalue weighted by molar-refractivity contribution is 5.97. The molecule has 0 aliphatic carbocycles. The van der Waals surface area contributed by atoms with Crippen LogP contribution in [0.25, 0.3) is 0 Å². The van der Waals surface area contributed by atoms with Gasteiger partial charge in [0.1, 0.15) is 5.60 Å². The summed E-state index contributed by atoms with van der Waals surface area (Å²) in [7, 11) is 1.61. The van der Waals surface area contributed by atoms with Gasteiger partial charge in [0, 0.05) is 12.8 Å². The first-order chi connectivity index (χ1) is 13.2. The van der Waals surface area contributed by atoms with Gasteiger partial charge in [0.15, 0.2) is 0 Å². The van der Waals surface area contributed by atoms with Crippen LogP contribution in [0.1, 0.15) is 24.0 Å². The summed E-state index contributed by atoms with van der Waals surface area (Å²) in [6.07, 6.45) is 2.25. The van der Waals surface area contributed by atoms with Crippen molar-refractivity contribution in [2.24, 2.45) is 0 Å². The van der Waals surface area contributed by atoms with Gasteiger partial charge in [0.25, 0.3) is 5.91 Å². The third kappa shape index (κ3) is 5.39. The molecule has 5 heteroatoms. The first kappa shape index (κ1) is 19.5. The molecule has 1 fully saturated rings. The molecule has 27 heavy (non-hydrogen) atoms. The molecule has 2 N–H and O–H groups in total. The number of benzene rings is 2. The lowest BCUT2D eigenvalue weighted by Gasteiger charge is -2.34. The van der Waals surface area contributed by atoms with Crippen molar-refractivity contribution in [1.82, 2.24) is 5.32 Å². The monoisotopic (exact) mass is 368 g/mol. The number of ether oxygens (including phenoxy) is 2. The van der Waals surface area contributed by atoms with Gasteiger partial charge in [-0.25, -0.2) is 0 Å². The molecule has 1 aliphatic rings. The molecular formula is C22H28N2O3. The van der Waals surface area contributed by atoms with Crippen molar-refractivity contribution in [2.45, 2.75) is 31.5 Å². The van der Waals surface area contributed by atoms with E-state index in [0.29, 0.717) is 26.1 Å². The van der Waals surface area contributed by atoms with Gasteiger partial charge in [-0.1, -0.05) is 42.5 Å². The summed E-state index contributed by atoms with van der Waals surface area (Å²) < 4.78 is 11.4. The first-order valence-corrected chi connectivity index (χ1v) is 9.50. The fraction of sp³-hybridized carbons (Fsp3) is 0.409. The Labute approximate surface area is 161 Å². The van der Waals surface area contributed by atoms with Gasteiger partial charge in [-0.15, -0.1) is 0 Å². The number of hydrogen-bond acceptors (Lipinski definition) is 4. The van der Waals surface area contributed by atoms with E-state index in [2.05, 4.69) is 22.8 Å².